The molecule has 8 nitrogen and oxygen atoms in total. The van der Waals surface area contributed by atoms with Crippen LogP contribution in [0.15, 0.2) is 200 Å². The van der Waals surface area contributed by atoms with Gasteiger partial charge in [-0.3, -0.25) is 9.97 Å². The number of para-hydroxylation sites is 1. The first-order valence-corrected chi connectivity index (χ1v) is 21.9. The SMILES string of the molecule is Cc1ccc(-c2ccc3c(c2)c2nc(-c4ccccn4)nc(-c4ccccn4)c2n3-c2ccccc2)cc1-c1ccccc1CCCc1nc(-c2ccccc2)nc(-c2ccccc2)n1. The van der Waals surface area contributed by atoms with Gasteiger partial charge in [-0.05, 0) is 108 Å². The van der Waals surface area contributed by atoms with E-state index in [-0.39, 0.29) is 0 Å². The Morgan fingerprint density at radius 2 is 1.06 bits per heavy atom. The second kappa shape index (κ2) is 17.3. The number of nitrogens with zero attached hydrogens (tertiary/aromatic N) is 8. The molecule has 11 rings (SSSR count). The largest absolute Gasteiger partial charge is 0.306 e. The molecule has 0 N–H and O–H groups in total. The van der Waals surface area contributed by atoms with Gasteiger partial charge in [0.1, 0.15) is 28.2 Å². The lowest BCUT2D eigenvalue weighted by atomic mass is 9.90. The molecular weight excluding hydrogens is 797 g/mol. The smallest absolute Gasteiger partial charge is 0.179 e. The van der Waals surface area contributed by atoms with E-state index in [1.54, 1.807) is 6.20 Å². The highest BCUT2D eigenvalue weighted by atomic mass is 15.1. The predicted molar refractivity (Wildman–Crippen MR) is 261 cm³/mol. The van der Waals surface area contributed by atoms with E-state index in [1.807, 2.05) is 85.1 Å². The molecule has 0 amide bonds. The highest BCUT2D eigenvalue weighted by Gasteiger charge is 2.23. The summed E-state index contributed by atoms with van der Waals surface area (Å²) in [6, 6.07) is 64.7. The molecule has 0 radical (unpaired) electrons. The maximum absolute atomic E-state index is 5.29. The van der Waals surface area contributed by atoms with Crippen LogP contribution in [0.25, 0.3) is 95.6 Å². The van der Waals surface area contributed by atoms with Crippen molar-refractivity contribution >= 4 is 21.9 Å². The molecule has 310 valence electrons. The van der Waals surface area contributed by atoms with Gasteiger partial charge in [0.15, 0.2) is 17.5 Å². The highest BCUT2D eigenvalue weighted by Crippen LogP contribution is 2.40. The van der Waals surface area contributed by atoms with Gasteiger partial charge in [0.2, 0.25) is 0 Å². The highest BCUT2D eigenvalue weighted by molar-refractivity contribution is 6.12. The summed E-state index contributed by atoms with van der Waals surface area (Å²) in [6.45, 7) is 2.20. The van der Waals surface area contributed by atoms with Crippen molar-refractivity contribution in [2.45, 2.75) is 26.2 Å². The molecule has 0 unspecified atom stereocenters. The predicted octanol–water partition coefficient (Wildman–Crippen LogP) is 13.0. The van der Waals surface area contributed by atoms with Gasteiger partial charge in [0.05, 0.1) is 11.2 Å². The molecule has 0 bridgehead atoms. The second-order valence-corrected chi connectivity index (χ2v) is 16.1. The van der Waals surface area contributed by atoms with Crippen LogP contribution in [0.1, 0.15) is 23.4 Å². The van der Waals surface area contributed by atoms with E-state index in [0.717, 1.165) is 86.4 Å². The van der Waals surface area contributed by atoms with Gasteiger partial charge in [-0.1, -0.05) is 133 Å². The zero-order chi connectivity index (χ0) is 43.5. The third-order valence-corrected chi connectivity index (χ3v) is 11.9. The maximum Gasteiger partial charge on any atom is 0.179 e. The number of benzene rings is 6. The zero-order valence-corrected chi connectivity index (χ0v) is 35.8. The van der Waals surface area contributed by atoms with Gasteiger partial charge in [0, 0.05) is 41.0 Å². The summed E-state index contributed by atoms with van der Waals surface area (Å²) in [5.74, 6) is 2.73. The molecule has 11 aromatic rings. The van der Waals surface area contributed by atoms with Crippen LogP contribution in [0.4, 0.5) is 0 Å². The van der Waals surface area contributed by atoms with E-state index in [2.05, 4.69) is 126 Å². The lowest BCUT2D eigenvalue weighted by Crippen LogP contribution is -2.04. The van der Waals surface area contributed by atoms with Crippen LogP contribution in [0.2, 0.25) is 0 Å². The second-order valence-electron chi connectivity index (χ2n) is 16.1. The summed E-state index contributed by atoms with van der Waals surface area (Å²) in [5, 5.41) is 1.02. The van der Waals surface area contributed by atoms with E-state index in [1.165, 1.54) is 22.3 Å². The minimum absolute atomic E-state index is 0.550. The summed E-state index contributed by atoms with van der Waals surface area (Å²) >= 11 is 0. The minimum Gasteiger partial charge on any atom is -0.306 e. The van der Waals surface area contributed by atoms with Gasteiger partial charge < -0.3 is 4.57 Å². The summed E-state index contributed by atoms with van der Waals surface area (Å²) in [5.41, 5.74) is 15.1. The van der Waals surface area contributed by atoms with Crippen molar-refractivity contribution in [1.82, 2.24) is 39.5 Å². The Morgan fingerprint density at radius 3 is 1.75 bits per heavy atom. The molecule has 5 aromatic heterocycles. The van der Waals surface area contributed by atoms with Gasteiger partial charge in [-0.25, -0.2) is 24.9 Å². The van der Waals surface area contributed by atoms with E-state index >= 15 is 0 Å². The summed E-state index contributed by atoms with van der Waals surface area (Å²) in [4.78, 5) is 34.7. The molecule has 0 aliphatic heterocycles. The normalized spacial score (nSPS) is 11.3. The molecule has 0 saturated carbocycles. The van der Waals surface area contributed by atoms with Crippen molar-refractivity contribution in [2.75, 3.05) is 0 Å². The number of aryl methyl sites for hydroxylation is 3. The number of hydrogen-bond acceptors (Lipinski definition) is 7. The number of hydrogen-bond donors (Lipinski definition) is 0. The van der Waals surface area contributed by atoms with Crippen molar-refractivity contribution < 1.29 is 0 Å². The fraction of sp³-hybridized carbons (Fsp3) is 0.0702. The first-order valence-electron chi connectivity index (χ1n) is 21.9. The fourth-order valence-electron chi connectivity index (χ4n) is 8.71. The van der Waals surface area contributed by atoms with Crippen molar-refractivity contribution in [3.05, 3.63) is 217 Å². The third kappa shape index (κ3) is 7.83. The Labute approximate surface area is 377 Å². The fourth-order valence-corrected chi connectivity index (χ4v) is 8.71. The summed E-state index contributed by atoms with van der Waals surface area (Å²) in [6.07, 6.45) is 6.06. The molecule has 65 heavy (non-hydrogen) atoms. The Bertz CT molecular complexity index is 3390. The molecule has 0 aliphatic rings. The molecule has 0 fully saturated rings. The Hall–Kier alpha value is -8.49. The molecule has 0 saturated heterocycles. The first kappa shape index (κ1) is 39.4. The van der Waals surface area contributed by atoms with Gasteiger partial charge in [-0.2, -0.15) is 0 Å². The number of aromatic nitrogens is 8. The van der Waals surface area contributed by atoms with Crippen LogP contribution >= 0.6 is 0 Å². The molecular formula is C57H42N8. The lowest BCUT2D eigenvalue weighted by Gasteiger charge is -2.14. The Kier molecular flexibility index (Phi) is 10.5. The number of pyridine rings is 2. The molecule has 8 heteroatoms. The Balaban J connectivity index is 0.972. The molecule has 6 aromatic carbocycles. The van der Waals surface area contributed by atoms with Crippen molar-refractivity contribution in [3.63, 3.8) is 0 Å². The molecule has 5 heterocycles. The van der Waals surface area contributed by atoms with Crippen molar-refractivity contribution in [1.29, 1.82) is 0 Å². The average Bonchev–Trinajstić information content (AvgIpc) is 3.71. The minimum atomic E-state index is 0.550. The van der Waals surface area contributed by atoms with Crippen LogP contribution in [0.3, 0.4) is 0 Å². The van der Waals surface area contributed by atoms with E-state index in [0.29, 0.717) is 23.2 Å². The summed E-state index contributed by atoms with van der Waals surface area (Å²) < 4.78 is 2.26. The van der Waals surface area contributed by atoms with E-state index in [4.69, 9.17) is 29.9 Å². The molecule has 0 spiro atoms. The van der Waals surface area contributed by atoms with Gasteiger partial charge in [-0.15, -0.1) is 0 Å². The lowest BCUT2D eigenvalue weighted by molar-refractivity contribution is 0.766. The average molecular weight is 839 g/mol. The topological polar surface area (TPSA) is 95.2 Å². The van der Waals surface area contributed by atoms with Crippen molar-refractivity contribution in [3.8, 4) is 73.6 Å². The Morgan fingerprint density at radius 1 is 0.446 bits per heavy atom. The number of rotatable bonds is 11. The zero-order valence-electron chi connectivity index (χ0n) is 35.8. The monoisotopic (exact) mass is 838 g/mol. The quantitative estimate of drug-likeness (QED) is 0.128. The van der Waals surface area contributed by atoms with Gasteiger partial charge in [0.25, 0.3) is 0 Å². The molecule has 0 aliphatic carbocycles. The first-order chi connectivity index (χ1) is 32.1. The van der Waals surface area contributed by atoms with Crippen LogP contribution in [-0.4, -0.2) is 39.5 Å². The van der Waals surface area contributed by atoms with Crippen LogP contribution in [0, 0.1) is 6.92 Å². The molecule has 0 atom stereocenters. The van der Waals surface area contributed by atoms with Crippen LogP contribution in [0.5, 0.6) is 0 Å². The van der Waals surface area contributed by atoms with Crippen molar-refractivity contribution in [2.24, 2.45) is 0 Å². The third-order valence-electron chi connectivity index (χ3n) is 11.9. The van der Waals surface area contributed by atoms with E-state index in [9.17, 15) is 0 Å². The summed E-state index contributed by atoms with van der Waals surface area (Å²) in [7, 11) is 0. The maximum atomic E-state index is 5.29. The standard InChI is InChI=1S/C57H42N8/c1-38-30-31-42(36-46(38)45-26-12-11-18-39(45)23-17-29-51-60-55(40-19-5-2-6-20-40)64-56(61-51)41-21-7-3-8-22-41)43-32-33-50-47(37-43)52-54(65(50)44-24-9-4-10-25-44)53(48-27-13-15-34-58-48)63-57(62-52)49-28-14-16-35-59-49/h2-16,18-22,24-28,30-37H,17,23,29H2,1H3. The van der Waals surface area contributed by atoms with E-state index < -0.39 is 0 Å². The van der Waals surface area contributed by atoms with Crippen LogP contribution in [-0.2, 0) is 12.8 Å². The number of fused-ring (bicyclic) bond motifs is 3. The van der Waals surface area contributed by atoms with Gasteiger partial charge >= 0.3 is 0 Å². The van der Waals surface area contributed by atoms with Crippen LogP contribution < -0.4 is 0 Å².